The molecule has 0 unspecified atom stereocenters. The number of nitrogens with one attached hydrogen (secondary N) is 1. The molecule has 2 aliphatic rings. The standard InChI is InChI=1S/C17H26N2/c1-13(2)12-19(17-9-10-17)16-7-3-14(4-8-16)11-18-15-5-6-15/h3-4,7-8,13,15,17-18H,5-6,9-12H2,1-2H3. The molecule has 0 spiro atoms. The Hall–Kier alpha value is -1.02. The SMILES string of the molecule is CC(C)CN(c1ccc(CNC2CC2)cc1)C1CC1. The van der Waals surface area contributed by atoms with Crippen LogP contribution in [0.1, 0.15) is 45.1 Å². The Morgan fingerprint density at radius 3 is 2.32 bits per heavy atom. The number of anilines is 1. The van der Waals surface area contributed by atoms with Crippen molar-refractivity contribution in [2.75, 3.05) is 11.4 Å². The van der Waals surface area contributed by atoms with Crippen LogP contribution in [0.25, 0.3) is 0 Å². The summed E-state index contributed by atoms with van der Waals surface area (Å²) in [5, 5.41) is 3.58. The van der Waals surface area contributed by atoms with E-state index in [1.165, 1.54) is 43.5 Å². The first-order chi connectivity index (χ1) is 9.22. The molecule has 1 N–H and O–H groups in total. The van der Waals surface area contributed by atoms with Crippen molar-refractivity contribution >= 4 is 5.69 Å². The summed E-state index contributed by atoms with van der Waals surface area (Å²) in [6.07, 6.45) is 5.47. The lowest BCUT2D eigenvalue weighted by molar-refractivity contribution is 0.607. The maximum absolute atomic E-state index is 3.58. The van der Waals surface area contributed by atoms with Gasteiger partial charge in [0.05, 0.1) is 0 Å². The van der Waals surface area contributed by atoms with Gasteiger partial charge in [0.25, 0.3) is 0 Å². The summed E-state index contributed by atoms with van der Waals surface area (Å²) in [5.74, 6) is 0.733. The fourth-order valence-corrected chi connectivity index (χ4v) is 2.60. The van der Waals surface area contributed by atoms with Gasteiger partial charge in [0.1, 0.15) is 0 Å². The number of hydrogen-bond acceptors (Lipinski definition) is 2. The molecule has 0 atom stereocenters. The Morgan fingerprint density at radius 2 is 1.79 bits per heavy atom. The largest absolute Gasteiger partial charge is 0.368 e. The Balaban J connectivity index is 1.61. The quantitative estimate of drug-likeness (QED) is 0.804. The molecule has 104 valence electrons. The van der Waals surface area contributed by atoms with Crippen molar-refractivity contribution in [1.29, 1.82) is 0 Å². The Kier molecular flexibility index (Phi) is 3.79. The van der Waals surface area contributed by atoms with Crippen LogP contribution in [-0.2, 0) is 6.54 Å². The van der Waals surface area contributed by atoms with Crippen LogP contribution in [0.2, 0.25) is 0 Å². The number of rotatable bonds is 7. The van der Waals surface area contributed by atoms with E-state index in [9.17, 15) is 0 Å². The summed E-state index contributed by atoms with van der Waals surface area (Å²) in [5.41, 5.74) is 2.82. The smallest absolute Gasteiger partial charge is 0.0368 e. The van der Waals surface area contributed by atoms with Crippen molar-refractivity contribution < 1.29 is 0 Å². The highest BCUT2D eigenvalue weighted by Crippen LogP contribution is 2.32. The molecule has 0 aromatic heterocycles. The molecular formula is C17H26N2. The van der Waals surface area contributed by atoms with Gasteiger partial charge in [0.15, 0.2) is 0 Å². The van der Waals surface area contributed by atoms with E-state index in [2.05, 4.69) is 48.3 Å². The van der Waals surface area contributed by atoms with Gasteiger partial charge in [-0.05, 0) is 49.3 Å². The van der Waals surface area contributed by atoms with Crippen molar-refractivity contribution in [2.24, 2.45) is 5.92 Å². The van der Waals surface area contributed by atoms with Crippen molar-refractivity contribution in [3.63, 3.8) is 0 Å². The van der Waals surface area contributed by atoms with Crippen LogP contribution in [0.4, 0.5) is 5.69 Å². The molecule has 2 nitrogen and oxygen atoms in total. The van der Waals surface area contributed by atoms with Crippen molar-refractivity contribution in [2.45, 2.75) is 58.2 Å². The molecule has 1 aromatic rings. The first kappa shape index (κ1) is 13.0. The van der Waals surface area contributed by atoms with E-state index >= 15 is 0 Å². The van der Waals surface area contributed by atoms with Gasteiger partial charge in [-0.25, -0.2) is 0 Å². The third-order valence-corrected chi connectivity index (χ3v) is 3.99. The summed E-state index contributed by atoms with van der Waals surface area (Å²) in [6.45, 7) is 6.83. The fraction of sp³-hybridized carbons (Fsp3) is 0.647. The van der Waals surface area contributed by atoms with Gasteiger partial charge >= 0.3 is 0 Å². The van der Waals surface area contributed by atoms with Gasteiger partial charge in [-0.15, -0.1) is 0 Å². The van der Waals surface area contributed by atoms with Gasteiger partial charge in [-0.3, -0.25) is 0 Å². The molecule has 0 radical (unpaired) electrons. The van der Waals surface area contributed by atoms with E-state index in [0.717, 1.165) is 24.5 Å². The molecule has 0 saturated heterocycles. The maximum Gasteiger partial charge on any atom is 0.0368 e. The Bertz CT molecular complexity index is 402. The van der Waals surface area contributed by atoms with E-state index in [1.807, 2.05) is 0 Å². The minimum absolute atomic E-state index is 0.733. The maximum atomic E-state index is 3.58. The molecular weight excluding hydrogens is 232 g/mol. The van der Waals surface area contributed by atoms with Gasteiger partial charge < -0.3 is 10.2 Å². The van der Waals surface area contributed by atoms with Crippen LogP contribution in [0.15, 0.2) is 24.3 Å². The molecule has 2 heteroatoms. The monoisotopic (exact) mass is 258 g/mol. The predicted molar refractivity (Wildman–Crippen MR) is 81.5 cm³/mol. The summed E-state index contributed by atoms with van der Waals surface area (Å²) in [4.78, 5) is 2.60. The highest BCUT2D eigenvalue weighted by Gasteiger charge is 2.29. The minimum atomic E-state index is 0.733. The lowest BCUT2D eigenvalue weighted by Crippen LogP contribution is -2.29. The zero-order valence-electron chi connectivity index (χ0n) is 12.2. The number of hydrogen-bond donors (Lipinski definition) is 1. The van der Waals surface area contributed by atoms with Crippen LogP contribution < -0.4 is 10.2 Å². The molecule has 0 aliphatic heterocycles. The highest BCUT2D eigenvalue weighted by molar-refractivity contribution is 5.49. The van der Waals surface area contributed by atoms with Crippen LogP contribution in [0.3, 0.4) is 0 Å². The second kappa shape index (κ2) is 5.54. The molecule has 2 saturated carbocycles. The lowest BCUT2D eigenvalue weighted by Gasteiger charge is -2.27. The van der Waals surface area contributed by atoms with E-state index in [4.69, 9.17) is 0 Å². The van der Waals surface area contributed by atoms with Crippen molar-refractivity contribution in [1.82, 2.24) is 5.32 Å². The zero-order chi connectivity index (χ0) is 13.2. The number of benzene rings is 1. The molecule has 2 fully saturated rings. The second-order valence-corrected chi connectivity index (χ2v) is 6.60. The first-order valence-corrected chi connectivity index (χ1v) is 7.81. The van der Waals surface area contributed by atoms with Gasteiger partial charge in [0, 0.05) is 30.9 Å². The van der Waals surface area contributed by atoms with Crippen molar-refractivity contribution in [3.8, 4) is 0 Å². The van der Waals surface area contributed by atoms with E-state index in [1.54, 1.807) is 0 Å². The van der Waals surface area contributed by atoms with Crippen molar-refractivity contribution in [3.05, 3.63) is 29.8 Å². The fourth-order valence-electron chi connectivity index (χ4n) is 2.60. The molecule has 19 heavy (non-hydrogen) atoms. The highest BCUT2D eigenvalue weighted by atomic mass is 15.2. The van der Waals surface area contributed by atoms with Gasteiger partial charge in [-0.1, -0.05) is 26.0 Å². The second-order valence-electron chi connectivity index (χ2n) is 6.60. The molecule has 0 amide bonds. The lowest BCUT2D eigenvalue weighted by atomic mass is 10.1. The van der Waals surface area contributed by atoms with Crippen LogP contribution >= 0.6 is 0 Å². The van der Waals surface area contributed by atoms with E-state index < -0.39 is 0 Å². The van der Waals surface area contributed by atoms with E-state index in [0.29, 0.717) is 0 Å². The normalized spacial score (nSPS) is 18.9. The summed E-state index contributed by atoms with van der Waals surface area (Å²) in [7, 11) is 0. The number of nitrogens with zero attached hydrogens (tertiary/aromatic N) is 1. The third-order valence-electron chi connectivity index (χ3n) is 3.99. The van der Waals surface area contributed by atoms with Gasteiger partial charge in [0.2, 0.25) is 0 Å². The average molecular weight is 258 g/mol. The predicted octanol–water partition coefficient (Wildman–Crippen LogP) is 3.56. The average Bonchev–Trinajstić information content (AvgIpc) is 3.28. The molecule has 2 aliphatic carbocycles. The van der Waals surface area contributed by atoms with Crippen LogP contribution in [0.5, 0.6) is 0 Å². The summed E-state index contributed by atoms with van der Waals surface area (Å²) >= 11 is 0. The molecule has 3 rings (SSSR count). The molecule has 1 aromatic carbocycles. The van der Waals surface area contributed by atoms with E-state index in [-0.39, 0.29) is 0 Å². The molecule has 0 heterocycles. The summed E-state index contributed by atoms with van der Waals surface area (Å²) < 4.78 is 0. The van der Waals surface area contributed by atoms with Crippen LogP contribution in [-0.4, -0.2) is 18.6 Å². The molecule has 0 bridgehead atoms. The first-order valence-electron chi connectivity index (χ1n) is 7.81. The van der Waals surface area contributed by atoms with Gasteiger partial charge in [-0.2, -0.15) is 0 Å². The third kappa shape index (κ3) is 3.73. The summed E-state index contributed by atoms with van der Waals surface area (Å²) in [6, 6.07) is 10.8. The Labute approximate surface area is 117 Å². The van der Waals surface area contributed by atoms with Crippen LogP contribution in [0, 0.1) is 5.92 Å². The minimum Gasteiger partial charge on any atom is -0.368 e. The zero-order valence-corrected chi connectivity index (χ0v) is 12.2. The topological polar surface area (TPSA) is 15.3 Å². The Morgan fingerprint density at radius 1 is 1.11 bits per heavy atom.